The molecule has 0 saturated carbocycles. The van der Waals surface area contributed by atoms with E-state index < -0.39 is 0 Å². The van der Waals surface area contributed by atoms with Gasteiger partial charge in [0.2, 0.25) is 0 Å². The molecule has 2 nitrogen and oxygen atoms in total. The maximum Gasteiger partial charge on any atom is 0.181 e. The van der Waals surface area contributed by atoms with Gasteiger partial charge in [-0.1, -0.05) is 80.9 Å². The lowest BCUT2D eigenvalue weighted by Crippen LogP contribution is -2.40. The van der Waals surface area contributed by atoms with Crippen molar-refractivity contribution in [2.45, 2.75) is 39.7 Å². The number of benzene rings is 3. The maximum atomic E-state index is 6.09. The number of nitrogens with zero attached hydrogens (tertiary/aromatic N) is 2. The van der Waals surface area contributed by atoms with E-state index in [1.807, 2.05) is 6.07 Å². The minimum absolute atomic E-state index is 0.816. The first-order chi connectivity index (χ1) is 14.2. The molecule has 0 heterocycles. The van der Waals surface area contributed by atoms with Crippen LogP contribution in [0.3, 0.4) is 0 Å². The lowest BCUT2D eigenvalue weighted by atomic mass is 10.1. The van der Waals surface area contributed by atoms with Gasteiger partial charge in [-0.25, -0.2) is 0 Å². The van der Waals surface area contributed by atoms with E-state index in [2.05, 4.69) is 103 Å². The van der Waals surface area contributed by atoms with Crippen LogP contribution in [-0.4, -0.2) is 16.6 Å². The van der Waals surface area contributed by atoms with Crippen molar-refractivity contribution in [3.63, 3.8) is 0 Å². The van der Waals surface area contributed by atoms with Crippen LogP contribution in [0, 0.1) is 0 Å². The summed E-state index contributed by atoms with van der Waals surface area (Å²) >= 11 is 6.09. The number of thiocarbonyl (C=S) groups is 1. The number of hydrogen-bond acceptors (Lipinski definition) is 1. The molecular formula is C26H30N2S. The van der Waals surface area contributed by atoms with Gasteiger partial charge in [0, 0.05) is 24.5 Å². The number of unbranched alkanes of at least 4 members (excludes halogenated alkanes) is 1. The molecular weight excluding hydrogens is 372 g/mol. The first-order valence-corrected chi connectivity index (χ1v) is 10.9. The summed E-state index contributed by atoms with van der Waals surface area (Å²) in [4.78, 5) is 4.53. The first kappa shape index (κ1) is 21.1. The first-order valence-electron chi connectivity index (χ1n) is 10.5. The molecule has 0 spiro atoms. The monoisotopic (exact) mass is 402 g/mol. The molecule has 0 N–H and O–H groups in total. The molecule has 0 amide bonds. The molecule has 3 heteroatoms. The van der Waals surface area contributed by atoms with Crippen LogP contribution in [0.2, 0.25) is 0 Å². The molecule has 0 radical (unpaired) electrons. The number of hydrogen-bond donors (Lipinski definition) is 0. The predicted molar refractivity (Wildman–Crippen MR) is 129 cm³/mol. The Kier molecular flexibility index (Phi) is 7.83. The Morgan fingerprint density at radius 2 is 1.31 bits per heavy atom. The molecule has 0 aromatic heterocycles. The van der Waals surface area contributed by atoms with Gasteiger partial charge in [-0.15, -0.1) is 0 Å². The summed E-state index contributed by atoms with van der Waals surface area (Å²) < 4.78 is 0. The number of aryl methyl sites for hydroxylation is 1. The van der Waals surface area contributed by atoms with Gasteiger partial charge in [0.1, 0.15) is 0 Å². The molecule has 0 aliphatic rings. The topological polar surface area (TPSA) is 6.48 Å². The highest BCUT2D eigenvalue weighted by molar-refractivity contribution is 7.80. The van der Waals surface area contributed by atoms with Crippen LogP contribution >= 0.6 is 12.2 Å². The highest BCUT2D eigenvalue weighted by atomic mass is 32.1. The van der Waals surface area contributed by atoms with Gasteiger partial charge in [0.25, 0.3) is 0 Å². The lowest BCUT2D eigenvalue weighted by molar-refractivity contribution is 0.404. The van der Waals surface area contributed by atoms with Gasteiger partial charge >= 0.3 is 0 Å². The van der Waals surface area contributed by atoms with E-state index >= 15 is 0 Å². The second-order valence-corrected chi connectivity index (χ2v) is 7.60. The van der Waals surface area contributed by atoms with E-state index in [9.17, 15) is 0 Å². The van der Waals surface area contributed by atoms with E-state index in [0.29, 0.717) is 0 Å². The summed E-state index contributed by atoms with van der Waals surface area (Å²) in [6, 6.07) is 29.8. The fraction of sp³-hybridized carbons (Fsp3) is 0.269. The summed E-state index contributed by atoms with van der Waals surface area (Å²) in [7, 11) is 0. The second-order valence-electron chi connectivity index (χ2n) is 7.23. The molecule has 0 aliphatic heterocycles. The Balaban J connectivity index is 1.95. The van der Waals surface area contributed by atoms with Gasteiger partial charge in [-0.2, -0.15) is 0 Å². The molecule has 0 unspecified atom stereocenters. The number of anilines is 2. The van der Waals surface area contributed by atoms with Gasteiger partial charge in [-0.3, -0.25) is 4.90 Å². The van der Waals surface area contributed by atoms with Crippen LogP contribution in [0.1, 0.15) is 37.8 Å². The van der Waals surface area contributed by atoms with E-state index in [4.69, 9.17) is 12.2 Å². The zero-order valence-corrected chi connectivity index (χ0v) is 18.2. The van der Waals surface area contributed by atoms with Crippen LogP contribution in [0.15, 0.2) is 84.9 Å². The van der Waals surface area contributed by atoms with Crippen LogP contribution in [0.5, 0.6) is 0 Å². The van der Waals surface area contributed by atoms with Gasteiger partial charge in [0.15, 0.2) is 5.11 Å². The zero-order chi connectivity index (χ0) is 20.5. The smallest absolute Gasteiger partial charge is 0.181 e. The molecule has 29 heavy (non-hydrogen) atoms. The van der Waals surface area contributed by atoms with Crippen LogP contribution in [-0.2, 0) is 13.0 Å². The van der Waals surface area contributed by atoms with Gasteiger partial charge in [-0.05, 0) is 60.5 Å². The average molecular weight is 403 g/mol. The Morgan fingerprint density at radius 1 is 0.724 bits per heavy atom. The zero-order valence-electron chi connectivity index (χ0n) is 17.4. The summed E-state index contributed by atoms with van der Waals surface area (Å²) in [5, 5.41) is 0.845. The Hall–Kier alpha value is -2.65. The van der Waals surface area contributed by atoms with Gasteiger partial charge < -0.3 is 4.90 Å². The molecule has 0 bridgehead atoms. The molecule has 3 aromatic rings. The predicted octanol–water partition coefficient (Wildman–Crippen LogP) is 6.97. The van der Waals surface area contributed by atoms with Crippen molar-refractivity contribution in [1.29, 1.82) is 0 Å². The molecule has 0 atom stereocenters. The van der Waals surface area contributed by atoms with E-state index in [-0.39, 0.29) is 0 Å². The maximum absolute atomic E-state index is 6.09. The van der Waals surface area contributed by atoms with E-state index in [0.717, 1.165) is 48.8 Å². The van der Waals surface area contributed by atoms with Crippen molar-refractivity contribution < 1.29 is 0 Å². The lowest BCUT2D eigenvalue weighted by Gasteiger charge is -2.34. The van der Waals surface area contributed by atoms with Crippen LogP contribution in [0.25, 0.3) is 0 Å². The summed E-state index contributed by atoms with van der Waals surface area (Å²) in [5.74, 6) is 0. The van der Waals surface area contributed by atoms with Crippen molar-refractivity contribution in [3.8, 4) is 0 Å². The van der Waals surface area contributed by atoms with Crippen molar-refractivity contribution in [2.24, 2.45) is 0 Å². The molecule has 3 rings (SSSR count). The molecule has 0 fully saturated rings. The number of rotatable bonds is 8. The Morgan fingerprint density at radius 3 is 1.90 bits per heavy atom. The van der Waals surface area contributed by atoms with E-state index in [1.165, 1.54) is 11.1 Å². The van der Waals surface area contributed by atoms with Crippen molar-refractivity contribution in [2.75, 3.05) is 11.4 Å². The quantitative estimate of drug-likeness (QED) is 0.375. The van der Waals surface area contributed by atoms with Crippen molar-refractivity contribution in [3.05, 3.63) is 96.1 Å². The van der Waals surface area contributed by atoms with Crippen molar-refractivity contribution >= 4 is 28.7 Å². The van der Waals surface area contributed by atoms with Gasteiger partial charge in [0.05, 0.1) is 0 Å². The normalized spacial score (nSPS) is 10.6. The summed E-state index contributed by atoms with van der Waals surface area (Å²) in [6.07, 6.45) is 3.29. The van der Waals surface area contributed by atoms with Crippen LogP contribution < -0.4 is 4.90 Å². The standard InChI is InChI=1S/C26H30N2S/c1-3-5-20-27(21-23-12-8-6-9-13-23)26(29)28(24-14-10-7-11-15-24)25-18-16-22(4-2)17-19-25/h6-19H,3-5,20-21H2,1-2H3. The molecule has 3 aromatic carbocycles. The highest BCUT2D eigenvalue weighted by Crippen LogP contribution is 2.28. The Bertz CT molecular complexity index is 876. The second kappa shape index (κ2) is 10.8. The van der Waals surface area contributed by atoms with Crippen LogP contribution in [0.4, 0.5) is 11.4 Å². The third-order valence-corrected chi connectivity index (χ3v) is 5.52. The van der Waals surface area contributed by atoms with E-state index in [1.54, 1.807) is 0 Å². The summed E-state index contributed by atoms with van der Waals surface area (Å²) in [6.45, 7) is 6.17. The fourth-order valence-electron chi connectivity index (χ4n) is 3.36. The number of para-hydroxylation sites is 1. The molecule has 0 aliphatic carbocycles. The SMILES string of the molecule is CCCCN(Cc1ccccc1)C(=S)N(c1ccccc1)c1ccc(CC)cc1. The third-order valence-electron chi connectivity index (χ3n) is 5.08. The largest absolute Gasteiger partial charge is 0.344 e. The Labute approximate surface area is 180 Å². The molecule has 0 saturated heterocycles. The highest BCUT2D eigenvalue weighted by Gasteiger charge is 2.20. The average Bonchev–Trinajstić information content (AvgIpc) is 2.78. The fourth-order valence-corrected chi connectivity index (χ4v) is 3.73. The summed E-state index contributed by atoms with van der Waals surface area (Å²) in [5.41, 5.74) is 4.81. The van der Waals surface area contributed by atoms with Crippen molar-refractivity contribution in [1.82, 2.24) is 4.90 Å². The molecule has 150 valence electrons. The third kappa shape index (κ3) is 5.68. The minimum atomic E-state index is 0.816. The minimum Gasteiger partial charge on any atom is -0.344 e.